The SMILES string of the molecule is Cc1ncc2c(n1)CN(Cc1nnnn1-c1c(C)cccc1C)CC2. The molecular formula is C18H21N7. The van der Waals surface area contributed by atoms with Crippen molar-refractivity contribution in [3.63, 3.8) is 0 Å². The van der Waals surface area contributed by atoms with E-state index in [-0.39, 0.29) is 0 Å². The summed E-state index contributed by atoms with van der Waals surface area (Å²) < 4.78 is 1.87. The topological polar surface area (TPSA) is 72.6 Å². The zero-order valence-electron chi connectivity index (χ0n) is 14.8. The normalized spacial score (nSPS) is 14.5. The number of aromatic nitrogens is 6. The highest BCUT2D eigenvalue weighted by molar-refractivity contribution is 5.46. The molecule has 0 saturated carbocycles. The number of rotatable bonds is 3. The van der Waals surface area contributed by atoms with Crippen LogP contribution in [0.2, 0.25) is 0 Å². The van der Waals surface area contributed by atoms with E-state index in [4.69, 9.17) is 0 Å². The van der Waals surface area contributed by atoms with Gasteiger partial charge in [0.2, 0.25) is 0 Å². The van der Waals surface area contributed by atoms with Gasteiger partial charge in [0, 0.05) is 19.3 Å². The summed E-state index contributed by atoms with van der Waals surface area (Å²) in [5, 5.41) is 12.4. The Kier molecular flexibility index (Phi) is 4.01. The molecule has 0 saturated heterocycles. The first-order chi connectivity index (χ1) is 12.1. The summed E-state index contributed by atoms with van der Waals surface area (Å²) in [6.45, 7) is 8.57. The molecule has 0 fully saturated rings. The molecule has 1 aliphatic rings. The molecule has 0 bridgehead atoms. The van der Waals surface area contributed by atoms with Crippen LogP contribution in [0.5, 0.6) is 0 Å². The third kappa shape index (κ3) is 3.02. The molecule has 0 aliphatic carbocycles. The minimum Gasteiger partial charge on any atom is -0.290 e. The second-order valence-corrected chi connectivity index (χ2v) is 6.60. The minimum absolute atomic E-state index is 0.698. The lowest BCUT2D eigenvalue weighted by Crippen LogP contribution is -2.32. The van der Waals surface area contributed by atoms with E-state index in [1.807, 2.05) is 17.8 Å². The summed E-state index contributed by atoms with van der Waals surface area (Å²) in [6.07, 6.45) is 2.91. The highest BCUT2D eigenvalue weighted by Gasteiger charge is 2.21. The number of para-hydroxylation sites is 1. The van der Waals surface area contributed by atoms with Crippen LogP contribution in [0.3, 0.4) is 0 Å². The third-order valence-corrected chi connectivity index (χ3v) is 4.70. The van der Waals surface area contributed by atoms with E-state index in [0.717, 1.165) is 42.5 Å². The molecule has 7 nitrogen and oxygen atoms in total. The number of nitrogens with zero attached hydrogens (tertiary/aromatic N) is 7. The van der Waals surface area contributed by atoms with Crippen LogP contribution in [0.4, 0.5) is 0 Å². The van der Waals surface area contributed by atoms with Gasteiger partial charge in [-0.15, -0.1) is 5.10 Å². The Labute approximate surface area is 146 Å². The second-order valence-electron chi connectivity index (χ2n) is 6.60. The predicted octanol–water partition coefficient (Wildman–Crippen LogP) is 1.94. The van der Waals surface area contributed by atoms with Gasteiger partial charge in [-0.05, 0) is 54.3 Å². The molecule has 0 N–H and O–H groups in total. The van der Waals surface area contributed by atoms with Crippen molar-refractivity contribution >= 4 is 0 Å². The van der Waals surface area contributed by atoms with E-state index in [1.54, 1.807) is 0 Å². The number of hydrogen-bond donors (Lipinski definition) is 0. The van der Waals surface area contributed by atoms with Crippen molar-refractivity contribution in [1.29, 1.82) is 0 Å². The zero-order chi connectivity index (χ0) is 17.4. The Morgan fingerprint density at radius 1 is 1.12 bits per heavy atom. The van der Waals surface area contributed by atoms with Gasteiger partial charge in [0.15, 0.2) is 5.82 Å². The monoisotopic (exact) mass is 335 g/mol. The van der Waals surface area contributed by atoms with Crippen LogP contribution in [0, 0.1) is 20.8 Å². The van der Waals surface area contributed by atoms with Crippen molar-refractivity contribution in [3.8, 4) is 5.69 Å². The summed E-state index contributed by atoms with van der Waals surface area (Å²) in [5.74, 6) is 1.67. The fourth-order valence-electron chi connectivity index (χ4n) is 3.41. The lowest BCUT2D eigenvalue weighted by atomic mass is 10.1. The van der Waals surface area contributed by atoms with Gasteiger partial charge in [0.25, 0.3) is 0 Å². The molecule has 0 spiro atoms. The van der Waals surface area contributed by atoms with E-state index in [2.05, 4.69) is 62.4 Å². The van der Waals surface area contributed by atoms with E-state index >= 15 is 0 Å². The van der Waals surface area contributed by atoms with Crippen molar-refractivity contribution in [3.05, 3.63) is 58.4 Å². The van der Waals surface area contributed by atoms with Crippen LogP contribution in [-0.2, 0) is 19.5 Å². The van der Waals surface area contributed by atoms with Gasteiger partial charge >= 0.3 is 0 Å². The maximum absolute atomic E-state index is 4.59. The molecule has 2 aromatic heterocycles. The Morgan fingerprint density at radius 2 is 1.92 bits per heavy atom. The summed E-state index contributed by atoms with van der Waals surface area (Å²) in [5.41, 5.74) is 5.76. The smallest absolute Gasteiger partial charge is 0.170 e. The molecule has 1 aromatic carbocycles. The number of aryl methyl sites for hydroxylation is 3. The first-order valence-corrected chi connectivity index (χ1v) is 8.49. The Bertz CT molecular complexity index is 895. The summed E-state index contributed by atoms with van der Waals surface area (Å²) in [7, 11) is 0. The fourth-order valence-corrected chi connectivity index (χ4v) is 3.41. The average Bonchev–Trinajstić information content (AvgIpc) is 3.02. The van der Waals surface area contributed by atoms with E-state index in [1.165, 1.54) is 16.7 Å². The minimum atomic E-state index is 0.698. The summed E-state index contributed by atoms with van der Waals surface area (Å²) >= 11 is 0. The van der Waals surface area contributed by atoms with Gasteiger partial charge in [-0.3, -0.25) is 4.90 Å². The Hall–Kier alpha value is -2.67. The number of benzene rings is 1. The standard InChI is InChI=1S/C18H21N7/c1-12-5-4-6-13(2)18(12)25-17(21-22-23-25)11-24-8-7-15-9-19-14(3)20-16(15)10-24/h4-6,9H,7-8,10-11H2,1-3H3. The van der Waals surface area contributed by atoms with Crippen LogP contribution in [0.25, 0.3) is 5.69 Å². The first kappa shape index (κ1) is 15.8. The van der Waals surface area contributed by atoms with Crippen molar-refractivity contribution in [2.24, 2.45) is 0 Å². The predicted molar refractivity (Wildman–Crippen MR) is 93.2 cm³/mol. The van der Waals surface area contributed by atoms with Crippen molar-refractivity contribution < 1.29 is 0 Å². The zero-order valence-corrected chi connectivity index (χ0v) is 14.8. The number of tetrazole rings is 1. The highest BCUT2D eigenvalue weighted by Crippen LogP contribution is 2.21. The molecule has 7 heteroatoms. The van der Waals surface area contributed by atoms with E-state index < -0.39 is 0 Å². The van der Waals surface area contributed by atoms with Crippen LogP contribution < -0.4 is 0 Å². The third-order valence-electron chi connectivity index (χ3n) is 4.70. The van der Waals surface area contributed by atoms with Gasteiger partial charge in [0.05, 0.1) is 17.9 Å². The molecule has 3 aromatic rings. The van der Waals surface area contributed by atoms with E-state index in [9.17, 15) is 0 Å². The van der Waals surface area contributed by atoms with Gasteiger partial charge < -0.3 is 0 Å². The van der Waals surface area contributed by atoms with Gasteiger partial charge in [-0.25, -0.2) is 9.97 Å². The van der Waals surface area contributed by atoms with Crippen LogP contribution in [0.1, 0.15) is 34.0 Å². The molecule has 0 amide bonds. The number of hydrogen-bond acceptors (Lipinski definition) is 6. The van der Waals surface area contributed by atoms with Gasteiger partial charge in [-0.1, -0.05) is 18.2 Å². The molecule has 0 radical (unpaired) electrons. The molecule has 25 heavy (non-hydrogen) atoms. The van der Waals surface area contributed by atoms with Crippen LogP contribution in [-0.4, -0.2) is 41.6 Å². The fraction of sp³-hybridized carbons (Fsp3) is 0.389. The number of fused-ring (bicyclic) bond motifs is 1. The summed E-state index contributed by atoms with van der Waals surface area (Å²) in [4.78, 5) is 11.2. The molecule has 0 atom stereocenters. The van der Waals surface area contributed by atoms with Crippen molar-refractivity contribution in [1.82, 2.24) is 35.1 Å². The molecular weight excluding hydrogens is 314 g/mol. The lowest BCUT2D eigenvalue weighted by molar-refractivity contribution is 0.233. The first-order valence-electron chi connectivity index (χ1n) is 8.49. The largest absolute Gasteiger partial charge is 0.290 e. The maximum Gasteiger partial charge on any atom is 0.170 e. The van der Waals surface area contributed by atoms with Crippen molar-refractivity contribution in [2.45, 2.75) is 40.3 Å². The lowest BCUT2D eigenvalue weighted by Gasteiger charge is -2.27. The highest BCUT2D eigenvalue weighted by atomic mass is 15.5. The van der Waals surface area contributed by atoms with Gasteiger partial charge in [-0.2, -0.15) is 4.68 Å². The summed E-state index contributed by atoms with van der Waals surface area (Å²) in [6, 6.07) is 6.23. The second kappa shape index (κ2) is 6.33. The quantitative estimate of drug-likeness (QED) is 0.728. The van der Waals surface area contributed by atoms with Crippen LogP contribution >= 0.6 is 0 Å². The van der Waals surface area contributed by atoms with Crippen molar-refractivity contribution in [2.75, 3.05) is 6.54 Å². The molecule has 3 heterocycles. The molecule has 4 rings (SSSR count). The maximum atomic E-state index is 4.59. The Balaban J connectivity index is 1.60. The molecule has 0 unspecified atom stereocenters. The van der Waals surface area contributed by atoms with Gasteiger partial charge in [0.1, 0.15) is 5.82 Å². The Morgan fingerprint density at radius 3 is 2.72 bits per heavy atom. The van der Waals surface area contributed by atoms with E-state index in [0.29, 0.717) is 6.54 Å². The molecule has 1 aliphatic heterocycles. The molecule has 128 valence electrons. The average molecular weight is 335 g/mol. The van der Waals surface area contributed by atoms with Crippen LogP contribution in [0.15, 0.2) is 24.4 Å².